The topological polar surface area (TPSA) is 79.0 Å². The van der Waals surface area contributed by atoms with Crippen LogP contribution in [0, 0.1) is 0 Å². The second-order valence-electron chi connectivity index (χ2n) is 7.88. The van der Waals surface area contributed by atoms with Gasteiger partial charge in [0.1, 0.15) is 11.6 Å². The van der Waals surface area contributed by atoms with Crippen molar-refractivity contribution in [2.45, 2.75) is 59.1 Å². The fraction of sp³-hybridized carbons (Fsp3) is 0.571. The number of carbonyl (C=O) groups excluding carboxylic acids is 3. The molecule has 1 atom stereocenters. The molecule has 7 nitrogen and oxygen atoms in total. The van der Waals surface area contributed by atoms with Crippen molar-refractivity contribution in [1.82, 2.24) is 9.80 Å². The van der Waals surface area contributed by atoms with Gasteiger partial charge in [0, 0.05) is 30.9 Å². The van der Waals surface area contributed by atoms with Crippen molar-refractivity contribution in [3.63, 3.8) is 0 Å². The van der Waals surface area contributed by atoms with Crippen molar-refractivity contribution in [2.24, 2.45) is 0 Å². The lowest BCUT2D eigenvalue weighted by Gasteiger charge is -2.28. The van der Waals surface area contributed by atoms with Gasteiger partial charge in [-0.05, 0) is 71.7 Å². The van der Waals surface area contributed by atoms with Crippen LogP contribution in [0.5, 0.6) is 0 Å². The number of anilines is 1. The van der Waals surface area contributed by atoms with E-state index in [9.17, 15) is 14.4 Å². The van der Waals surface area contributed by atoms with Gasteiger partial charge in [-0.25, -0.2) is 4.79 Å². The molecule has 1 saturated heterocycles. The largest absolute Gasteiger partial charge is 0.444 e. The second-order valence-corrected chi connectivity index (χ2v) is 7.88. The maximum atomic E-state index is 12.7. The summed E-state index contributed by atoms with van der Waals surface area (Å²) in [5.74, 6) is -0.277. The smallest absolute Gasteiger partial charge is 0.410 e. The molecule has 1 aliphatic heterocycles. The van der Waals surface area contributed by atoms with Crippen molar-refractivity contribution in [1.29, 1.82) is 0 Å². The Morgan fingerprint density at radius 2 is 1.75 bits per heavy atom. The van der Waals surface area contributed by atoms with Gasteiger partial charge >= 0.3 is 6.09 Å². The number of rotatable bonds is 5. The molecule has 7 heteroatoms. The summed E-state index contributed by atoms with van der Waals surface area (Å²) in [6.45, 7) is 11.1. The van der Waals surface area contributed by atoms with Gasteiger partial charge in [-0.1, -0.05) is 0 Å². The van der Waals surface area contributed by atoms with Crippen LogP contribution in [0.25, 0.3) is 0 Å². The first-order valence-corrected chi connectivity index (χ1v) is 9.86. The van der Waals surface area contributed by atoms with E-state index in [1.165, 1.54) is 4.90 Å². The molecule has 0 unspecified atom stereocenters. The molecule has 1 aromatic carbocycles. The maximum Gasteiger partial charge on any atom is 0.410 e. The third kappa shape index (κ3) is 5.47. The molecule has 1 aliphatic rings. The Morgan fingerprint density at radius 3 is 2.29 bits per heavy atom. The highest BCUT2D eigenvalue weighted by Gasteiger charge is 2.36. The molecule has 154 valence electrons. The van der Waals surface area contributed by atoms with Crippen LogP contribution >= 0.6 is 0 Å². The first kappa shape index (κ1) is 21.7. The molecule has 1 heterocycles. The van der Waals surface area contributed by atoms with Crippen molar-refractivity contribution in [2.75, 3.05) is 25.0 Å². The fourth-order valence-electron chi connectivity index (χ4n) is 3.19. The lowest BCUT2D eigenvalue weighted by Crippen LogP contribution is -2.45. The van der Waals surface area contributed by atoms with Gasteiger partial charge in [0.25, 0.3) is 5.91 Å². The number of nitrogens with zero attached hydrogens (tertiary/aromatic N) is 2. The summed E-state index contributed by atoms with van der Waals surface area (Å²) < 4.78 is 5.40. The summed E-state index contributed by atoms with van der Waals surface area (Å²) in [6.07, 6.45) is 0.892. The molecule has 28 heavy (non-hydrogen) atoms. The van der Waals surface area contributed by atoms with Crippen LogP contribution in [0.1, 0.15) is 57.8 Å². The van der Waals surface area contributed by atoms with Gasteiger partial charge in [-0.2, -0.15) is 0 Å². The molecule has 0 saturated carbocycles. The van der Waals surface area contributed by atoms with E-state index in [1.807, 2.05) is 13.8 Å². The number of carbonyl (C=O) groups is 3. The summed E-state index contributed by atoms with van der Waals surface area (Å²) in [5.41, 5.74) is 0.573. The molecule has 0 radical (unpaired) electrons. The second kappa shape index (κ2) is 9.08. The number of likely N-dealkylation sites (tertiary alicyclic amines) is 1. The van der Waals surface area contributed by atoms with E-state index in [1.54, 1.807) is 49.9 Å². The van der Waals surface area contributed by atoms with Gasteiger partial charge in [0.2, 0.25) is 5.91 Å². The molecule has 1 aromatic rings. The quantitative estimate of drug-likeness (QED) is 0.836. The molecule has 0 bridgehead atoms. The zero-order chi connectivity index (χ0) is 20.9. The average molecular weight is 389 g/mol. The van der Waals surface area contributed by atoms with Gasteiger partial charge < -0.3 is 15.0 Å². The van der Waals surface area contributed by atoms with Crippen molar-refractivity contribution in [3.05, 3.63) is 29.8 Å². The number of hydrogen-bond donors (Lipinski definition) is 1. The molecule has 1 fully saturated rings. The van der Waals surface area contributed by atoms with Crippen LogP contribution in [0.2, 0.25) is 0 Å². The maximum absolute atomic E-state index is 12.7. The van der Waals surface area contributed by atoms with Crippen LogP contribution in [-0.4, -0.2) is 59.0 Å². The zero-order valence-electron chi connectivity index (χ0n) is 17.4. The minimum absolute atomic E-state index is 0.0326. The van der Waals surface area contributed by atoms with E-state index < -0.39 is 17.7 Å². The Hall–Kier alpha value is -2.57. The standard InChI is InChI=1S/C21H31N3O4/c1-6-23(7-2)19(26)15-10-12-16(13-11-15)22-18(25)17-9-8-14-24(17)20(27)28-21(3,4)5/h10-13,17H,6-9,14H2,1-5H3,(H,22,25)/t17-/m0/s1. The predicted octanol–water partition coefficient (Wildman–Crippen LogP) is 3.51. The molecule has 0 spiro atoms. The van der Waals surface area contributed by atoms with E-state index in [2.05, 4.69) is 5.32 Å². The van der Waals surface area contributed by atoms with Gasteiger partial charge in [0.05, 0.1) is 0 Å². The van der Waals surface area contributed by atoms with E-state index >= 15 is 0 Å². The Balaban J connectivity index is 2.02. The number of hydrogen-bond acceptors (Lipinski definition) is 4. The molecule has 1 N–H and O–H groups in total. The van der Waals surface area contributed by atoms with Crippen molar-refractivity contribution < 1.29 is 19.1 Å². The van der Waals surface area contributed by atoms with Gasteiger partial charge in [-0.15, -0.1) is 0 Å². The third-order valence-corrected chi connectivity index (χ3v) is 4.63. The number of benzene rings is 1. The Labute approximate surface area is 167 Å². The fourth-order valence-corrected chi connectivity index (χ4v) is 3.19. The summed E-state index contributed by atoms with van der Waals surface area (Å²) in [7, 11) is 0. The van der Waals surface area contributed by atoms with Crippen molar-refractivity contribution in [3.8, 4) is 0 Å². The highest BCUT2D eigenvalue weighted by molar-refractivity contribution is 5.98. The Morgan fingerprint density at radius 1 is 1.14 bits per heavy atom. The van der Waals surface area contributed by atoms with Crippen molar-refractivity contribution >= 4 is 23.6 Å². The molecule has 0 aliphatic carbocycles. The minimum atomic E-state index is -0.603. The van der Waals surface area contributed by atoms with Crippen LogP contribution in [0.4, 0.5) is 10.5 Å². The number of amides is 3. The molecule has 0 aromatic heterocycles. The third-order valence-electron chi connectivity index (χ3n) is 4.63. The van der Waals surface area contributed by atoms with E-state index in [0.29, 0.717) is 37.3 Å². The molecular weight excluding hydrogens is 358 g/mol. The minimum Gasteiger partial charge on any atom is -0.444 e. The summed E-state index contributed by atoms with van der Waals surface area (Å²) >= 11 is 0. The lowest BCUT2D eigenvalue weighted by molar-refractivity contribution is -0.120. The zero-order valence-corrected chi connectivity index (χ0v) is 17.4. The highest BCUT2D eigenvalue weighted by atomic mass is 16.6. The van der Waals surface area contributed by atoms with Crippen LogP contribution in [-0.2, 0) is 9.53 Å². The van der Waals surface area contributed by atoms with E-state index in [0.717, 1.165) is 6.42 Å². The normalized spacial score (nSPS) is 16.6. The first-order valence-electron chi connectivity index (χ1n) is 9.86. The van der Waals surface area contributed by atoms with Crippen LogP contribution in [0.15, 0.2) is 24.3 Å². The Kier molecular flexibility index (Phi) is 7.05. The predicted molar refractivity (Wildman–Crippen MR) is 108 cm³/mol. The van der Waals surface area contributed by atoms with Crippen LogP contribution < -0.4 is 5.32 Å². The summed E-state index contributed by atoms with van der Waals surface area (Å²) in [4.78, 5) is 40.6. The Bertz CT molecular complexity index is 705. The first-order chi connectivity index (χ1) is 13.2. The monoisotopic (exact) mass is 389 g/mol. The average Bonchev–Trinajstić information content (AvgIpc) is 3.12. The van der Waals surface area contributed by atoms with Gasteiger partial charge in [-0.3, -0.25) is 14.5 Å². The van der Waals surface area contributed by atoms with Gasteiger partial charge in [0.15, 0.2) is 0 Å². The molecule has 3 amide bonds. The number of nitrogens with one attached hydrogen (secondary N) is 1. The summed E-state index contributed by atoms with van der Waals surface area (Å²) in [5, 5.41) is 2.84. The SMILES string of the molecule is CCN(CC)C(=O)c1ccc(NC(=O)[C@@H]2CCCN2C(=O)OC(C)(C)C)cc1. The molecular formula is C21H31N3O4. The summed E-state index contributed by atoms with van der Waals surface area (Å²) in [6, 6.07) is 6.28. The van der Waals surface area contributed by atoms with E-state index in [-0.39, 0.29) is 11.8 Å². The van der Waals surface area contributed by atoms with E-state index in [4.69, 9.17) is 4.74 Å². The molecule has 2 rings (SSSR count). The van der Waals surface area contributed by atoms with Crippen LogP contribution in [0.3, 0.4) is 0 Å². The number of ether oxygens (including phenoxy) is 1. The lowest BCUT2D eigenvalue weighted by atomic mass is 10.1. The highest BCUT2D eigenvalue weighted by Crippen LogP contribution is 2.22.